The first-order chi connectivity index (χ1) is 10.9. The van der Waals surface area contributed by atoms with E-state index >= 15 is 0 Å². The zero-order valence-corrected chi connectivity index (χ0v) is 14.1. The molecule has 0 unspecified atom stereocenters. The average Bonchev–Trinajstić information content (AvgIpc) is 2.55. The summed E-state index contributed by atoms with van der Waals surface area (Å²) in [4.78, 5) is 26.1. The molecule has 1 aromatic carbocycles. The topological polar surface area (TPSA) is 55.8 Å². The van der Waals surface area contributed by atoms with Gasteiger partial charge in [0.05, 0.1) is 25.4 Å². The number of nitrogens with zero attached hydrogens (tertiary/aromatic N) is 1. The molecule has 5 heteroatoms. The highest BCUT2D eigenvalue weighted by Crippen LogP contribution is 2.35. The lowest BCUT2D eigenvalue weighted by molar-refractivity contribution is -0.136. The molecule has 0 bridgehead atoms. The summed E-state index contributed by atoms with van der Waals surface area (Å²) in [5.41, 5.74) is 4.44. The van der Waals surface area contributed by atoms with E-state index in [2.05, 4.69) is 0 Å². The summed E-state index contributed by atoms with van der Waals surface area (Å²) in [6.07, 6.45) is 0.208. The maximum atomic E-state index is 12.1. The molecule has 0 amide bonds. The minimum Gasteiger partial charge on any atom is -0.466 e. The first-order valence-electron chi connectivity index (χ1n) is 7.33. The number of anilines is 1. The van der Waals surface area contributed by atoms with Gasteiger partial charge in [-0.25, -0.2) is 9.59 Å². The molecular formula is C18H21NO4. The van der Waals surface area contributed by atoms with E-state index in [1.54, 1.807) is 0 Å². The Morgan fingerprint density at radius 2 is 1.30 bits per heavy atom. The van der Waals surface area contributed by atoms with Crippen LogP contribution in [0.1, 0.15) is 25.8 Å². The van der Waals surface area contributed by atoms with Crippen LogP contribution in [0.25, 0.3) is 0 Å². The van der Waals surface area contributed by atoms with Crippen molar-refractivity contribution in [2.75, 3.05) is 19.1 Å². The van der Waals surface area contributed by atoms with Crippen molar-refractivity contribution in [2.24, 2.45) is 0 Å². The van der Waals surface area contributed by atoms with Crippen molar-refractivity contribution in [3.63, 3.8) is 0 Å². The molecule has 0 aliphatic carbocycles. The van der Waals surface area contributed by atoms with E-state index in [9.17, 15) is 9.59 Å². The standard InChI is InChI=1S/C18H21NO4/c1-11-6-8-14(9-7-11)19-12(2)15(17(20)22-4)10-16(13(19)3)18(21)23-5/h6-9H,10H2,1-5H3. The summed E-state index contributed by atoms with van der Waals surface area (Å²) < 4.78 is 9.72. The molecule has 0 saturated heterocycles. The monoisotopic (exact) mass is 315 g/mol. The summed E-state index contributed by atoms with van der Waals surface area (Å²) in [5, 5.41) is 0. The molecule has 0 spiro atoms. The third kappa shape index (κ3) is 3.13. The van der Waals surface area contributed by atoms with Gasteiger partial charge in [-0.05, 0) is 32.9 Å². The van der Waals surface area contributed by atoms with Gasteiger partial charge in [-0.3, -0.25) is 0 Å². The van der Waals surface area contributed by atoms with Crippen molar-refractivity contribution in [2.45, 2.75) is 27.2 Å². The Morgan fingerprint density at radius 1 is 0.870 bits per heavy atom. The normalized spacial score (nSPS) is 14.9. The van der Waals surface area contributed by atoms with Crippen LogP contribution < -0.4 is 4.90 Å². The van der Waals surface area contributed by atoms with E-state index in [1.807, 2.05) is 49.9 Å². The zero-order chi connectivity index (χ0) is 17.1. The number of allylic oxidation sites excluding steroid dienone is 2. The van der Waals surface area contributed by atoms with Crippen molar-refractivity contribution in [1.82, 2.24) is 0 Å². The van der Waals surface area contributed by atoms with Crippen LogP contribution in [0.4, 0.5) is 5.69 Å². The van der Waals surface area contributed by atoms with E-state index in [0.717, 1.165) is 22.6 Å². The summed E-state index contributed by atoms with van der Waals surface area (Å²) >= 11 is 0. The molecule has 0 aromatic heterocycles. The third-order valence-electron chi connectivity index (χ3n) is 4.05. The quantitative estimate of drug-likeness (QED) is 0.802. The van der Waals surface area contributed by atoms with E-state index in [-0.39, 0.29) is 6.42 Å². The van der Waals surface area contributed by atoms with Gasteiger partial charge in [0, 0.05) is 23.5 Å². The lowest BCUT2D eigenvalue weighted by Gasteiger charge is -2.33. The number of hydrogen-bond acceptors (Lipinski definition) is 5. The van der Waals surface area contributed by atoms with E-state index in [4.69, 9.17) is 9.47 Å². The Balaban J connectivity index is 2.60. The Bertz CT molecular complexity index is 660. The number of methoxy groups -OCH3 is 2. The summed E-state index contributed by atoms with van der Waals surface area (Å²) in [7, 11) is 2.67. The van der Waals surface area contributed by atoms with Crippen LogP contribution >= 0.6 is 0 Å². The lowest BCUT2D eigenvalue weighted by atomic mass is 9.95. The maximum Gasteiger partial charge on any atom is 0.335 e. The van der Waals surface area contributed by atoms with Gasteiger partial charge < -0.3 is 14.4 Å². The smallest absolute Gasteiger partial charge is 0.335 e. The Morgan fingerprint density at radius 3 is 1.70 bits per heavy atom. The highest BCUT2D eigenvalue weighted by atomic mass is 16.5. The minimum atomic E-state index is -0.437. The van der Waals surface area contributed by atoms with Crippen molar-refractivity contribution in [3.8, 4) is 0 Å². The van der Waals surface area contributed by atoms with Crippen LogP contribution in [-0.2, 0) is 19.1 Å². The molecule has 1 heterocycles. The number of carbonyl (C=O) groups excluding carboxylic acids is 2. The first-order valence-corrected chi connectivity index (χ1v) is 7.33. The van der Waals surface area contributed by atoms with E-state index in [1.165, 1.54) is 14.2 Å². The number of ether oxygens (including phenoxy) is 2. The van der Waals surface area contributed by atoms with Crippen LogP contribution in [0.5, 0.6) is 0 Å². The highest BCUT2D eigenvalue weighted by Gasteiger charge is 2.31. The summed E-state index contributed by atoms with van der Waals surface area (Å²) in [5.74, 6) is -0.873. The molecule has 0 saturated carbocycles. The van der Waals surface area contributed by atoms with Gasteiger partial charge >= 0.3 is 11.9 Å². The van der Waals surface area contributed by atoms with Crippen LogP contribution in [0.2, 0.25) is 0 Å². The second-order valence-electron chi connectivity index (χ2n) is 5.46. The number of esters is 2. The molecule has 0 radical (unpaired) electrons. The predicted molar refractivity (Wildman–Crippen MR) is 87.7 cm³/mol. The fraction of sp³-hybridized carbons (Fsp3) is 0.333. The minimum absolute atomic E-state index is 0.208. The van der Waals surface area contributed by atoms with E-state index in [0.29, 0.717) is 11.1 Å². The average molecular weight is 315 g/mol. The third-order valence-corrected chi connectivity index (χ3v) is 4.05. The van der Waals surface area contributed by atoms with Gasteiger partial charge in [0.2, 0.25) is 0 Å². The molecule has 1 aliphatic heterocycles. The summed E-state index contributed by atoms with van der Waals surface area (Å²) in [6, 6.07) is 7.88. The van der Waals surface area contributed by atoms with Gasteiger partial charge in [0.15, 0.2) is 0 Å². The van der Waals surface area contributed by atoms with E-state index < -0.39 is 11.9 Å². The molecule has 0 atom stereocenters. The number of carbonyl (C=O) groups is 2. The fourth-order valence-corrected chi connectivity index (χ4v) is 2.72. The van der Waals surface area contributed by atoms with Crippen molar-refractivity contribution in [3.05, 3.63) is 52.4 Å². The molecule has 0 fully saturated rings. The molecule has 23 heavy (non-hydrogen) atoms. The van der Waals surface area contributed by atoms with Crippen LogP contribution in [0.15, 0.2) is 46.8 Å². The van der Waals surface area contributed by atoms with Crippen molar-refractivity contribution < 1.29 is 19.1 Å². The molecule has 5 nitrogen and oxygen atoms in total. The SMILES string of the molecule is COC(=O)C1=C(C)N(c2ccc(C)cc2)C(C)=C(C(=O)OC)C1. The van der Waals surface area contributed by atoms with Gasteiger partial charge in [0.1, 0.15) is 0 Å². The van der Waals surface area contributed by atoms with Crippen molar-refractivity contribution >= 4 is 17.6 Å². The molecule has 1 aliphatic rings. The van der Waals surface area contributed by atoms with Gasteiger partial charge in [-0.1, -0.05) is 17.7 Å². The van der Waals surface area contributed by atoms with Crippen LogP contribution in [0, 0.1) is 6.92 Å². The Kier molecular flexibility index (Phi) is 4.89. The van der Waals surface area contributed by atoms with Crippen LogP contribution in [0.3, 0.4) is 0 Å². The number of aryl methyl sites for hydroxylation is 1. The first kappa shape index (κ1) is 16.8. The Labute approximate surface area is 136 Å². The predicted octanol–water partition coefficient (Wildman–Crippen LogP) is 3.10. The molecule has 122 valence electrons. The van der Waals surface area contributed by atoms with Crippen LogP contribution in [-0.4, -0.2) is 26.2 Å². The van der Waals surface area contributed by atoms with Gasteiger partial charge in [0.25, 0.3) is 0 Å². The highest BCUT2D eigenvalue weighted by molar-refractivity contribution is 5.98. The maximum absolute atomic E-state index is 12.1. The van der Waals surface area contributed by atoms with Gasteiger partial charge in [-0.2, -0.15) is 0 Å². The fourth-order valence-electron chi connectivity index (χ4n) is 2.72. The zero-order valence-electron chi connectivity index (χ0n) is 14.1. The largest absolute Gasteiger partial charge is 0.466 e. The second-order valence-corrected chi connectivity index (χ2v) is 5.46. The number of hydrogen-bond donors (Lipinski definition) is 0. The second kappa shape index (κ2) is 6.69. The number of benzene rings is 1. The molecular weight excluding hydrogens is 294 g/mol. The lowest BCUT2D eigenvalue weighted by Crippen LogP contribution is -2.30. The van der Waals surface area contributed by atoms with Crippen molar-refractivity contribution in [1.29, 1.82) is 0 Å². The Hall–Kier alpha value is -2.56. The van der Waals surface area contributed by atoms with Gasteiger partial charge in [-0.15, -0.1) is 0 Å². The molecule has 0 N–H and O–H groups in total. The molecule has 1 aromatic rings. The number of rotatable bonds is 3. The summed E-state index contributed by atoms with van der Waals surface area (Å²) in [6.45, 7) is 5.71. The molecule has 2 rings (SSSR count).